The zero-order chi connectivity index (χ0) is 23.6. The van der Waals surface area contributed by atoms with Crippen LogP contribution in [0.25, 0.3) is 0 Å². The first-order chi connectivity index (χ1) is 15.7. The molecule has 1 aromatic rings. The second-order valence-corrected chi connectivity index (χ2v) is 13.2. The number of benzene rings is 1. The third-order valence-electron chi connectivity index (χ3n) is 6.92. The molecular formula is C22H30N4O5S2. The monoisotopic (exact) mass is 494 g/mol. The highest BCUT2D eigenvalue weighted by atomic mass is 32.2. The van der Waals surface area contributed by atoms with E-state index in [2.05, 4.69) is 0 Å². The predicted molar refractivity (Wildman–Crippen MR) is 123 cm³/mol. The quantitative estimate of drug-likeness (QED) is 0.574. The standard InChI is InChI=1S/C22H30N4O5S2/c23-15-18-5-1-4-8-21(18)33(30,31)25-12-10-24(11-13-25)16-22(27)26(19-6-2-3-7-19)20-9-14-32(28,29)17-20/h1,4-5,8,19-20H,2-3,6-7,9-14,16-17H2/t20-/m0/s1. The van der Waals surface area contributed by atoms with Crippen molar-refractivity contribution in [2.24, 2.45) is 0 Å². The number of nitriles is 1. The Hall–Kier alpha value is -2.00. The van der Waals surface area contributed by atoms with Gasteiger partial charge in [0, 0.05) is 38.3 Å². The van der Waals surface area contributed by atoms with Crippen LogP contribution >= 0.6 is 0 Å². The lowest BCUT2D eigenvalue weighted by molar-refractivity contribution is -0.137. The summed E-state index contributed by atoms with van der Waals surface area (Å²) in [4.78, 5) is 17.1. The van der Waals surface area contributed by atoms with E-state index in [1.165, 1.54) is 16.4 Å². The lowest BCUT2D eigenvalue weighted by Gasteiger charge is -2.38. The first-order valence-corrected chi connectivity index (χ1v) is 14.7. The van der Waals surface area contributed by atoms with Crippen molar-refractivity contribution in [3.63, 3.8) is 0 Å². The minimum atomic E-state index is -3.79. The fraction of sp³-hybridized carbons (Fsp3) is 0.636. The Morgan fingerprint density at radius 2 is 1.73 bits per heavy atom. The normalized spacial score (nSPS) is 24.5. The van der Waals surface area contributed by atoms with Crippen LogP contribution in [-0.4, -0.2) is 93.2 Å². The number of sulfone groups is 1. The van der Waals surface area contributed by atoms with E-state index in [4.69, 9.17) is 0 Å². The highest BCUT2D eigenvalue weighted by Crippen LogP contribution is 2.29. The molecule has 33 heavy (non-hydrogen) atoms. The molecule has 0 spiro atoms. The van der Waals surface area contributed by atoms with Gasteiger partial charge in [0.2, 0.25) is 15.9 Å². The van der Waals surface area contributed by atoms with Crippen LogP contribution in [0.3, 0.4) is 0 Å². The van der Waals surface area contributed by atoms with Gasteiger partial charge in [-0.2, -0.15) is 9.57 Å². The van der Waals surface area contributed by atoms with E-state index < -0.39 is 19.9 Å². The van der Waals surface area contributed by atoms with Gasteiger partial charge in [-0.15, -0.1) is 0 Å². The van der Waals surface area contributed by atoms with Gasteiger partial charge < -0.3 is 4.90 Å². The average molecular weight is 495 g/mol. The summed E-state index contributed by atoms with van der Waals surface area (Å²) in [6.07, 6.45) is 4.41. The second-order valence-electron chi connectivity index (χ2n) is 9.08. The van der Waals surface area contributed by atoms with E-state index in [1.807, 2.05) is 15.9 Å². The zero-order valence-corrected chi connectivity index (χ0v) is 20.2. The Kier molecular flexibility index (Phi) is 7.09. The van der Waals surface area contributed by atoms with Crippen LogP contribution in [0.15, 0.2) is 29.2 Å². The minimum Gasteiger partial charge on any atom is -0.335 e. The van der Waals surface area contributed by atoms with Gasteiger partial charge >= 0.3 is 0 Å². The molecule has 3 aliphatic rings. The van der Waals surface area contributed by atoms with Crippen LogP contribution in [0.4, 0.5) is 0 Å². The van der Waals surface area contributed by atoms with Crippen molar-refractivity contribution < 1.29 is 21.6 Å². The summed E-state index contributed by atoms with van der Waals surface area (Å²) in [7, 11) is -6.89. The molecule has 0 aromatic heterocycles. The summed E-state index contributed by atoms with van der Waals surface area (Å²) in [5.74, 6) is 0.115. The number of carbonyl (C=O) groups excluding carboxylic acids is 1. The number of carbonyl (C=O) groups is 1. The van der Waals surface area contributed by atoms with Crippen LogP contribution < -0.4 is 0 Å². The Labute approximate surface area is 195 Å². The number of amides is 1. The van der Waals surface area contributed by atoms with Gasteiger partial charge in [0.1, 0.15) is 6.07 Å². The Bertz CT molecular complexity index is 1130. The van der Waals surface area contributed by atoms with Crippen LogP contribution in [-0.2, 0) is 24.7 Å². The number of rotatable bonds is 6. The molecule has 9 nitrogen and oxygen atoms in total. The van der Waals surface area contributed by atoms with Gasteiger partial charge in [-0.3, -0.25) is 9.69 Å². The third-order valence-corrected chi connectivity index (χ3v) is 10.6. The van der Waals surface area contributed by atoms with E-state index in [-0.39, 0.29) is 59.6 Å². The molecule has 0 unspecified atom stereocenters. The molecule has 2 heterocycles. The number of sulfonamides is 1. The smallest absolute Gasteiger partial charge is 0.244 e. The highest BCUT2D eigenvalue weighted by molar-refractivity contribution is 7.91. The predicted octanol–water partition coefficient (Wildman–Crippen LogP) is 0.823. The van der Waals surface area contributed by atoms with E-state index in [1.54, 1.807) is 12.1 Å². The van der Waals surface area contributed by atoms with Crippen LogP contribution in [0, 0.1) is 11.3 Å². The van der Waals surface area contributed by atoms with Gasteiger partial charge in [0.25, 0.3) is 0 Å². The lowest BCUT2D eigenvalue weighted by Crippen LogP contribution is -2.54. The van der Waals surface area contributed by atoms with E-state index in [0.29, 0.717) is 19.5 Å². The molecule has 0 bridgehead atoms. The maximum absolute atomic E-state index is 13.3. The molecule has 1 amide bonds. The van der Waals surface area contributed by atoms with Crippen molar-refractivity contribution in [1.82, 2.24) is 14.1 Å². The molecule has 1 atom stereocenters. The molecule has 1 aromatic carbocycles. The molecule has 2 aliphatic heterocycles. The molecule has 1 aliphatic carbocycles. The maximum Gasteiger partial charge on any atom is 0.244 e. The highest BCUT2D eigenvalue weighted by Gasteiger charge is 2.40. The number of hydrogen-bond donors (Lipinski definition) is 0. The fourth-order valence-electron chi connectivity index (χ4n) is 5.21. The number of nitrogens with zero attached hydrogens (tertiary/aromatic N) is 4. The van der Waals surface area contributed by atoms with Crippen LogP contribution in [0.2, 0.25) is 0 Å². The third kappa shape index (κ3) is 5.24. The number of piperazine rings is 1. The van der Waals surface area contributed by atoms with Gasteiger partial charge in [0.15, 0.2) is 9.84 Å². The summed E-state index contributed by atoms with van der Waals surface area (Å²) in [5, 5.41) is 9.26. The van der Waals surface area contributed by atoms with E-state index >= 15 is 0 Å². The largest absolute Gasteiger partial charge is 0.335 e. The summed E-state index contributed by atoms with van der Waals surface area (Å²) in [6, 6.07) is 7.94. The fourth-order valence-corrected chi connectivity index (χ4v) is 8.48. The number of hydrogen-bond acceptors (Lipinski definition) is 7. The minimum absolute atomic E-state index is 0.00637. The van der Waals surface area contributed by atoms with Crippen molar-refractivity contribution in [1.29, 1.82) is 5.26 Å². The molecule has 2 saturated heterocycles. The average Bonchev–Trinajstić information content (AvgIpc) is 3.44. The summed E-state index contributed by atoms with van der Waals surface area (Å²) in [6.45, 7) is 1.44. The maximum atomic E-state index is 13.3. The van der Waals surface area contributed by atoms with E-state index in [9.17, 15) is 26.9 Å². The van der Waals surface area contributed by atoms with Crippen molar-refractivity contribution in [3.05, 3.63) is 29.8 Å². The first kappa shape index (κ1) is 24.1. The van der Waals surface area contributed by atoms with Crippen molar-refractivity contribution >= 4 is 25.8 Å². The Balaban J connectivity index is 1.40. The van der Waals surface area contributed by atoms with Gasteiger partial charge in [-0.05, 0) is 31.4 Å². The molecule has 11 heteroatoms. The SMILES string of the molecule is N#Cc1ccccc1S(=O)(=O)N1CCN(CC(=O)N(C2CCCC2)[C@H]2CCS(=O)(=O)C2)CC1. The van der Waals surface area contributed by atoms with Gasteiger partial charge in [0.05, 0.1) is 28.5 Å². The van der Waals surface area contributed by atoms with E-state index in [0.717, 1.165) is 25.7 Å². The first-order valence-electron chi connectivity index (χ1n) is 11.4. The van der Waals surface area contributed by atoms with Crippen molar-refractivity contribution in [3.8, 4) is 6.07 Å². The lowest BCUT2D eigenvalue weighted by atomic mass is 10.1. The molecule has 1 saturated carbocycles. The molecule has 180 valence electrons. The summed E-state index contributed by atoms with van der Waals surface area (Å²) >= 11 is 0. The Morgan fingerprint density at radius 3 is 2.33 bits per heavy atom. The van der Waals surface area contributed by atoms with Crippen LogP contribution in [0.5, 0.6) is 0 Å². The van der Waals surface area contributed by atoms with Gasteiger partial charge in [-0.25, -0.2) is 16.8 Å². The molecule has 0 N–H and O–H groups in total. The van der Waals surface area contributed by atoms with Crippen LogP contribution in [0.1, 0.15) is 37.7 Å². The summed E-state index contributed by atoms with van der Waals surface area (Å²) in [5.41, 5.74) is 0.119. The van der Waals surface area contributed by atoms with Crippen molar-refractivity contribution in [2.45, 2.75) is 49.1 Å². The molecule has 0 radical (unpaired) electrons. The summed E-state index contributed by atoms with van der Waals surface area (Å²) < 4.78 is 51.5. The topological polar surface area (TPSA) is 119 Å². The zero-order valence-electron chi connectivity index (χ0n) is 18.6. The second kappa shape index (κ2) is 9.70. The van der Waals surface area contributed by atoms with Crippen molar-refractivity contribution in [2.75, 3.05) is 44.2 Å². The molecule has 4 rings (SSSR count). The Morgan fingerprint density at radius 1 is 1.06 bits per heavy atom. The van der Waals surface area contributed by atoms with Gasteiger partial charge in [-0.1, -0.05) is 25.0 Å². The molecule has 3 fully saturated rings. The molecular weight excluding hydrogens is 464 g/mol.